The number of aldehydes is 1. The highest BCUT2D eigenvalue weighted by molar-refractivity contribution is 5.75. The number of hydrogen-bond donors (Lipinski definition) is 1. The molecular formula is C13H20N2O. The second-order valence-electron chi connectivity index (χ2n) is 4.18. The molecule has 16 heavy (non-hydrogen) atoms. The van der Waals surface area contributed by atoms with Crippen LogP contribution in [0, 0.1) is 0 Å². The van der Waals surface area contributed by atoms with Gasteiger partial charge < -0.3 is 10.2 Å². The van der Waals surface area contributed by atoms with E-state index in [-0.39, 0.29) is 0 Å². The van der Waals surface area contributed by atoms with Crippen LogP contribution in [0.5, 0.6) is 0 Å². The van der Waals surface area contributed by atoms with Crippen LogP contribution in [0.1, 0.15) is 23.2 Å². The lowest BCUT2D eigenvalue weighted by Gasteiger charge is -2.10. The molecule has 0 unspecified atom stereocenters. The van der Waals surface area contributed by atoms with Crippen LogP contribution in [0.4, 0.5) is 5.69 Å². The molecule has 1 aromatic rings. The zero-order valence-corrected chi connectivity index (χ0v) is 10.1. The van der Waals surface area contributed by atoms with E-state index in [9.17, 15) is 4.79 Å². The largest absolute Gasteiger partial charge is 0.385 e. The van der Waals surface area contributed by atoms with Gasteiger partial charge in [-0.3, -0.25) is 4.79 Å². The number of unbranched alkanes of at least 4 members (excludes halogenated alkanes) is 1. The van der Waals surface area contributed by atoms with E-state index in [1.807, 2.05) is 24.3 Å². The molecule has 3 heteroatoms. The quantitative estimate of drug-likeness (QED) is 0.565. The summed E-state index contributed by atoms with van der Waals surface area (Å²) in [7, 11) is 4.18. The molecule has 0 spiro atoms. The highest BCUT2D eigenvalue weighted by atomic mass is 16.1. The molecule has 0 aliphatic rings. The van der Waals surface area contributed by atoms with Crippen LogP contribution in [0.2, 0.25) is 0 Å². The van der Waals surface area contributed by atoms with Crippen molar-refractivity contribution in [1.82, 2.24) is 4.90 Å². The second-order valence-corrected chi connectivity index (χ2v) is 4.18. The molecule has 0 saturated heterocycles. The Bertz CT molecular complexity index is 306. The van der Waals surface area contributed by atoms with Gasteiger partial charge in [0.25, 0.3) is 0 Å². The maximum Gasteiger partial charge on any atom is 0.150 e. The lowest BCUT2D eigenvalue weighted by Crippen LogP contribution is -2.14. The van der Waals surface area contributed by atoms with Crippen LogP contribution in [0.25, 0.3) is 0 Å². The number of benzene rings is 1. The zero-order chi connectivity index (χ0) is 11.8. The molecule has 0 heterocycles. The lowest BCUT2D eigenvalue weighted by molar-refractivity contribution is 0.112. The predicted octanol–water partition coefficient (Wildman–Crippen LogP) is 2.25. The van der Waals surface area contributed by atoms with Crippen molar-refractivity contribution < 1.29 is 4.79 Å². The van der Waals surface area contributed by atoms with Crippen molar-refractivity contribution in [2.45, 2.75) is 12.8 Å². The monoisotopic (exact) mass is 220 g/mol. The first-order valence-corrected chi connectivity index (χ1v) is 5.66. The number of carbonyl (C=O) groups is 1. The smallest absolute Gasteiger partial charge is 0.150 e. The molecule has 88 valence electrons. The maximum absolute atomic E-state index is 10.5. The maximum atomic E-state index is 10.5. The van der Waals surface area contributed by atoms with E-state index in [0.29, 0.717) is 0 Å². The van der Waals surface area contributed by atoms with Gasteiger partial charge in [0.15, 0.2) is 0 Å². The number of carbonyl (C=O) groups excluding carboxylic acids is 1. The van der Waals surface area contributed by atoms with Gasteiger partial charge in [-0.15, -0.1) is 0 Å². The Morgan fingerprint density at radius 3 is 2.44 bits per heavy atom. The minimum atomic E-state index is 0.721. The van der Waals surface area contributed by atoms with E-state index < -0.39 is 0 Å². The van der Waals surface area contributed by atoms with E-state index in [1.54, 1.807) is 0 Å². The molecule has 0 amide bonds. The SMILES string of the molecule is CN(C)CCCCNc1ccc(C=O)cc1. The molecule has 1 aromatic carbocycles. The van der Waals surface area contributed by atoms with Crippen molar-refractivity contribution in [1.29, 1.82) is 0 Å². The first kappa shape index (κ1) is 12.7. The summed E-state index contributed by atoms with van der Waals surface area (Å²) in [6.07, 6.45) is 3.22. The van der Waals surface area contributed by atoms with Crippen LogP contribution in [-0.4, -0.2) is 38.4 Å². The highest BCUT2D eigenvalue weighted by Crippen LogP contribution is 2.08. The van der Waals surface area contributed by atoms with Gasteiger partial charge in [0.1, 0.15) is 6.29 Å². The normalized spacial score (nSPS) is 10.4. The number of anilines is 1. The third-order valence-electron chi connectivity index (χ3n) is 2.41. The molecule has 1 N–H and O–H groups in total. The standard InChI is InChI=1S/C13H20N2O/c1-15(2)10-4-3-9-14-13-7-5-12(11-16)6-8-13/h5-8,11,14H,3-4,9-10H2,1-2H3. The molecule has 0 saturated carbocycles. The van der Waals surface area contributed by atoms with Crippen molar-refractivity contribution in [3.8, 4) is 0 Å². The summed E-state index contributed by atoms with van der Waals surface area (Å²) in [5, 5.41) is 3.34. The summed E-state index contributed by atoms with van der Waals surface area (Å²) in [5.41, 5.74) is 1.80. The topological polar surface area (TPSA) is 32.3 Å². The van der Waals surface area contributed by atoms with E-state index in [0.717, 1.165) is 37.0 Å². The van der Waals surface area contributed by atoms with Gasteiger partial charge in [-0.1, -0.05) is 0 Å². The summed E-state index contributed by atoms with van der Waals surface area (Å²) < 4.78 is 0. The van der Waals surface area contributed by atoms with Gasteiger partial charge in [0, 0.05) is 17.8 Å². The van der Waals surface area contributed by atoms with Crippen LogP contribution in [0.3, 0.4) is 0 Å². The van der Waals surface area contributed by atoms with E-state index >= 15 is 0 Å². The summed E-state index contributed by atoms with van der Waals surface area (Å²) >= 11 is 0. The van der Waals surface area contributed by atoms with Crippen LogP contribution >= 0.6 is 0 Å². The fourth-order valence-corrected chi connectivity index (χ4v) is 1.47. The van der Waals surface area contributed by atoms with Gasteiger partial charge >= 0.3 is 0 Å². The third-order valence-corrected chi connectivity index (χ3v) is 2.41. The number of hydrogen-bond acceptors (Lipinski definition) is 3. The Kier molecular flexibility index (Phi) is 5.57. The first-order valence-electron chi connectivity index (χ1n) is 5.66. The zero-order valence-electron chi connectivity index (χ0n) is 10.1. The van der Waals surface area contributed by atoms with E-state index in [1.165, 1.54) is 6.42 Å². The molecule has 0 aliphatic carbocycles. The summed E-state index contributed by atoms with van der Waals surface area (Å²) in [6, 6.07) is 7.54. The molecule has 0 radical (unpaired) electrons. The van der Waals surface area contributed by atoms with Gasteiger partial charge in [-0.2, -0.15) is 0 Å². The van der Waals surface area contributed by atoms with Gasteiger partial charge in [-0.05, 0) is 57.7 Å². The minimum Gasteiger partial charge on any atom is -0.385 e. The first-order chi connectivity index (χ1) is 7.72. The Labute approximate surface area is 97.5 Å². The molecule has 3 nitrogen and oxygen atoms in total. The fraction of sp³-hybridized carbons (Fsp3) is 0.462. The number of nitrogens with one attached hydrogen (secondary N) is 1. The number of rotatable bonds is 7. The molecule has 0 aromatic heterocycles. The third kappa shape index (κ3) is 4.94. The van der Waals surface area contributed by atoms with Crippen LogP contribution < -0.4 is 5.32 Å². The van der Waals surface area contributed by atoms with Gasteiger partial charge in [0.05, 0.1) is 0 Å². The molecule has 0 fully saturated rings. The van der Waals surface area contributed by atoms with Crippen molar-refractivity contribution in [3.63, 3.8) is 0 Å². The van der Waals surface area contributed by atoms with Crippen molar-refractivity contribution in [2.75, 3.05) is 32.5 Å². The Balaban J connectivity index is 2.19. The van der Waals surface area contributed by atoms with Crippen molar-refractivity contribution in [2.24, 2.45) is 0 Å². The summed E-state index contributed by atoms with van der Waals surface area (Å²) in [5.74, 6) is 0. The molecule has 0 bridgehead atoms. The van der Waals surface area contributed by atoms with Crippen molar-refractivity contribution in [3.05, 3.63) is 29.8 Å². The summed E-state index contributed by atoms with van der Waals surface area (Å²) in [4.78, 5) is 12.6. The van der Waals surface area contributed by atoms with Crippen LogP contribution in [-0.2, 0) is 0 Å². The molecular weight excluding hydrogens is 200 g/mol. The Morgan fingerprint density at radius 1 is 1.19 bits per heavy atom. The summed E-state index contributed by atoms with van der Waals surface area (Å²) in [6.45, 7) is 2.11. The Morgan fingerprint density at radius 2 is 1.88 bits per heavy atom. The molecule has 0 atom stereocenters. The van der Waals surface area contributed by atoms with Crippen LogP contribution in [0.15, 0.2) is 24.3 Å². The second kappa shape index (κ2) is 7.01. The molecule has 1 rings (SSSR count). The van der Waals surface area contributed by atoms with Gasteiger partial charge in [-0.25, -0.2) is 0 Å². The molecule has 0 aliphatic heterocycles. The highest BCUT2D eigenvalue weighted by Gasteiger charge is 1.94. The number of nitrogens with zero attached hydrogens (tertiary/aromatic N) is 1. The van der Waals surface area contributed by atoms with Gasteiger partial charge in [0.2, 0.25) is 0 Å². The average molecular weight is 220 g/mol. The van der Waals surface area contributed by atoms with Crippen molar-refractivity contribution >= 4 is 12.0 Å². The fourth-order valence-electron chi connectivity index (χ4n) is 1.47. The predicted molar refractivity (Wildman–Crippen MR) is 68.1 cm³/mol. The Hall–Kier alpha value is -1.35. The van der Waals surface area contributed by atoms with E-state index in [4.69, 9.17) is 0 Å². The minimum absolute atomic E-state index is 0.721. The van der Waals surface area contributed by atoms with E-state index in [2.05, 4.69) is 24.3 Å². The lowest BCUT2D eigenvalue weighted by atomic mass is 10.2. The average Bonchev–Trinajstić information content (AvgIpc) is 2.29.